The van der Waals surface area contributed by atoms with Crippen molar-refractivity contribution in [2.24, 2.45) is 11.8 Å². The third-order valence-corrected chi connectivity index (χ3v) is 9.10. The van der Waals surface area contributed by atoms with Crippen LogP contribution in [0.2, 0.25) is 0 Å². The van der Waals surface area contributed by atoms with Gasteiger partial charge >= 0.3 is 6.09 Å². The summed E-state index contributed by atoms with van der Waals surface area (Å²) in [6.07, 6.45) is 0.334. The van der Waals surface area contributed by atoms with Crippen molar-refractivity contribution in [2.75, 3.05) is 0 Å². The van der Waals surface area contributed by atoms with E-state index in [2.05, 4.69) is 31.6 Å². The molecule has 56 heavy (non-hydrogen) atoms. The van der Waals surface area contributed by atoms with Crippen LogP contribution in [0.1, 0.15) is 84.5 Å². The second-order valence-electron chi connectivity index (χ2n) is 15.6. The fourth-order valence-corrected chi connectivity index (χ4v) is 6.00. The van der Waals surface area contributed by atoms with Crippen LogP contribution in [0.25, 0.3) is 0 Å². The first kappa shape index (κ1) is 45.1. The van der Waals surface area contributed by atoms with Gasteiger partial charge in [-0.3, -0.25) is 24.2 Å². The van der Waals surface area contributed by atoms with Gasteiger partial charge in [0.05, 0.1) is 30.8 Å². The molecule has 13 nitrogen and oxygen atoms in total. The minimum atomic E-state index is -1.32. The molecule has 0 saturated heterocycles. The zero-order valence-corrected chi connectivity index (χ0v) is 33.7. The lowest BCUT2D eigenvalue weighted by molar-refractivity contribution is -0.132. The molecule has 5 amide bonds. The van der Waals surface area contributed by atoms with Crippen LogP contribution >= 0.6 is 0 Å². The number of amides is 5. The molecule has 0 spiro atoms. The van der Waals surface area contributed by atoms with Gasteiger partial charge in [0.15, 0.2) is 0 Å². The first-order valence-corrected chi connectivity index (χ1v) is 19.4. The molecule has 2 aromatic carbocycles. The fourth-order valence-electron chi connectivity index (χ4n) is 6.00. The quantitative estimate of drug-likeness (QED) is 0.0977. The SMILES string of the molecule is CCC(C)C(NC(=O)CC(O)C(CC(C)C)NC(=O)C(Cc1ccccc1)NC(=O)C(Cc1ccccc1)NC(=O)OC(C)(C)C)C(=O)NCc1ccccn1. The Morgan fingerprint density at radius 3 is 1.80 bits per heavy atom. The highest BCUT2D eigenvalue weighted by Gasteiger charge is 2.33. The summed E-state index contributed by atoms with van der Waals surface area (Å²) in [5.41, 5.74) is 1.42. The maximum absolute atomic E-state index is 14.1. The summed E-state index contributed by atoms with van der Waals surface area (Å²) < 4.78 is 5.44. The number of rotatable bonds is 20. The Hall–Kier alpha value is -5.30. The third kappa shape index (κ3) is 16.2. The van der Waals surface area contributed by atoms with E-state index < -0.39 is 59.7 Å². The summed E-state index contributed by atoms with van der Waals surface area (Å²) in [5, 5.41) is 25.5. The van der Waals surface area contributed by atoms with Gasteiger partial charge in [0.25, 0.3) is 0 Å². The van der Waals surface area contributed by atoms with Crippen molar-refractivity contribution in [3.8, 4) is 0 Å². The lowest BCUT2D eigenvalue weighted by Gasteiger charge is -2.30. The van der Waals surface area contributed by atoms with Crippen LogP contribution < -0.4 is 26.6 Å². The van der Waals surface area contributed by atoms with E-state index in [9.17, 15) is 29.1 Å². The van der Waals surface area contributed by atoms with Gasteiger partial charge < -0.3 is 36.4 Å². The van der Waals surface area contributed by atoms with Crippen molar-refractivity contribution in [3.63, 3.8) is 0 Å². The molecule has 0 radical (unpaired) electrons. The van der Waals surface area contributed by atoms with E-state index >= 15 is 0 Å². The first-order chi connectivity index (χ1) is 26.5. The zero-order valence-electron chi connectivity index (χ0n) is 33.7. The normalized spacial score (nSPS) is 14.6. The maximum atomic E-state index is 14.1. The average molecular weight is 773 g/mol. The predicted molar refractivity (Wildman–Crippen MR) is 215 cm³/mol. The Morgan fingerprint density at radius 1 is 0.732 bits per heavy atom. The molecule has 0 aliphatic heterocycles. The van der Waals surface area contributed by atoms with Crippen LogP contribution in [0.15, 0.2) is 85.1 Å². The number of alkyl carbamates (subject to hydrolysis) is 1. The number of aliphatic hydroxyl groups is 1. The van der Waals surface area contributed by atoms with Crippen LogP contribution in [-0.2, 0) is 43.3 Å². The van der Waals surface area contributed by atoms with E-state index in [4.69, 9.17) is 4.74 Å². The van der Waals surface area contributed by atoms with Crippen LogP contribution in [0, 0.1) is 11.8 Å². The molecule has 0 aliphatic carbocycles. The molecular formula is C43H60N6O7. The molecule has 13 heteroatoms. The summed E-state index contributed by atoms with van der Waals surface area (Å²) in [4.78, 5) is 71.8. The molecular weight excluding hydrogens is 713 g/mol. The van der Waals surface area contributed by atoms with E-state index in [0.29, 0.717) is 18.5 Å². The average Bonchev–Trinajstić information content (AvgIpc) is 3.15. The lowest BCUT2D eigenvalue weighted by Crippen LogP contribution is -2.58. The number of ether oxygens (including phenoxy) is 1. The molecule has 6 N–H and O–H groups in total. The number of nitrogens with zero attached hydrogens (tertiary/aromatic N) is 1. The highest BCUT2D eigenvalue weighted by atomic mass is 16.6. The second-order valence-corrected chi connectivity index (χ2v) is 15.6. The molecule has 0 aliphatic rings. The first-order valence-electron chi connectivity index (χ1n) is 19.4. The van der Waals surface area contributed by atoms with E-state index in [1.807, 2.05) is 94.4 Å². The summed E-state index contributed by atoms with van der Waals surface area (Å²) in [6, 6.07) is 19.8. The Labute approximate surface area is 331 Å². The van der Waals surface area contributed by atoms with Gasteiger partial charge in [-0.1, -0.05) is 101 Å². The smallest absolute Gasteiger partial charge is 0.408 e. The van der Waals surface area contributed by atoms with Gasteiger partial charge in [-0.05, 0) is 62.3 Å². The van der Waals surface area contributed by atoms with Gasteiger partial charge in [-0.2, -0.15) is 0 Å². The Bertz CT molecular complexity index is 1690. The number of carbonyl (C=O) groups is 5. The number of pyridine rings is 1. The number of aliphatic hydroxyl groups excluding tert-OH is 1. The lowest BCUT2D eigenvalue weighted by atomic mass is 9.95. The zero-order chi connectivity index (χ0) is 41.3. The van der Waals surface area contributed by atoms with Crippen molar-refractivity contribution in [2.45, 2.75) is 123 Å². The second kappa shape index (κ2) is 22.3. The van der Waals surface area contributed by atoms with Crippen molar-refractivity contribution in [1.82, 2.24) is 31.6 Å². The Balaban J connectivity index is 1.79. The van der Waals surface area contributed by atoms with Crippen molar-refractivity contribution in [1.29, 1.82) is 0 Å². The number of benzene rings is 2. The van der Waals surface area contributed by atoms with Crippen LogP contribution in [0.4, 0.5) is 4.79 Å². The van der Waals surface area contributed by atoms with Gasteiger partial charge in [-0.15, -0.1) is 0 Å². The molecule has 0 fully saturated rings. The largest absolute Gasteiger partial charge is 0.444 e. The molecule has 304 valence electrons. The highest BCUT2D eigenvalue weighted by molar-refractivity contribution is 5.92. The summed E-state index contributed by atoms with van der Waals surface area (Å²) >= 11 is 0. The Kier molecular flexibility index (Phi) is 18.0. The number of hydrogen-bond acceptors (Lipinski definition) is 8. The highest BCUT2D eigenvalue weighted by Crippen LogP contribution is 2.15. The predicted octanol–water partition coefficient (Wildman–Crippen LogP) is 4.37. The van der Waals surface area contributed by atoms with Crippen LogP contribution in [-0.4, -0.2) is 75.7 Å². The third-order valence-electron chi connectivity index (χ3n) is 9.10. The topological polar surface area (TPSA) is 188 Å². The van der Waals surface area contributed by atoms with Crippen molar-refractivity contribution < 1.29 is 33.8 Å². The molecule has 1 aromatic heterocycles. The number of hydrogen-bond donors (Lipinski definition) is 6. The van der Waals surface area contributed by atoms with Gasteiger partial charge in [0, 0.05) is 19.0 Å². The van der Waals surface area contributed by atoms with E-state index in [1.165, 1.54) is 0 Å². The van der Waals surface area contributed by atoms with Gasteiger partial charge in [-0.25, -0.2) is 4.79 Å². The molecule has 0 bridgehead atoms. The van der Waals surface area contributed by atoms with Crippen LogP contribution in [0.3, 0.4) is 0 Å². The number of aromatic nitrogens is 1. The summed E-state index contributed by atoms with van der Waals surface area (Å²) in [6.45, 7) is 13.0. The van der Waals surface area contributed by atoms with Gasteiger partial charge in [0.2, 0.25) is 23.6 Å². The standard InChI is InChI=1S/C43H60N6O7/c1-8-29(4)38(41(54)45-27-32-21-15-16-22-44-32)49-37(51)26-36(50)33(23-28(2)3)46-39(52)34(24-30-17-11-9-12-18-30)47-40(53)35(25-31-19-13-10-14-20-31)48-42(55)56-43(5,6)7/h9-22,28-29,33-36,38,50H,8,23-27H2,1-7H3,(H,45,54)(H,46,52)(H,47,53)(H,48,55)(H,49,51). The minimum Gasteiger partial charge on any atom is -0.444 e. The van der Waals surface area contributed by atoms with Gasteiger partial charge in [0.1, 0.15) is 23.7 Å². The molecule has 3 rings (SSSR count). The molecule has 3 aromatic rings. The molecule has 6 atom stereocenters. The fraction of sp³-hybridized carbons (Fsp3) is 0.488. The summed E-state index contributed by atoms with van der Waals surface area (Å²) in [7, 11) is 0. The number of nitrogens with one attached hydrogen (secondary N) is 5. The maximum Gasteiger partial charge on any atom is 0.408 e. The Morgan fingerprint density at radius 2 is 1.29 bits per heavy atom. The van der Waals surface area contributed by atoms with E-state index in [1.54, 1.807) is 39.1 Å². The molecule has 1 heterocycles. The van der Waals surface area contributed by atoms with Crippen LogP contribution in [0.5, 0.6) is 0 Å². The monoisotopic (exact) mass is 772 g/mol. The van der Waals surface area contributed by atoms with Crippen molar-refractivity contribution in [3.05, 3.63) is 102 Å². The minimum absolute atomic E-state index is 0.0127. The van der Waals surface area contributed by atoms with E-state index in [0.717, 1.165) is 11.1 Å². The summed E-state index contributed by atoms with van der Waals surface area (Å²) in [5.74, 6) is -2.29. The number of carbonyl (C=O) groups excluding carboxylic acids is 5. The molecule has 0 saturated carbocycles. The van der Waals surface area contributed by atoms with E-state index in [-0.39, 0.29) is 43.6 Å². The van der Waals surface area contributed by atoms with Crippen molar-refractivity contribution >= 4 is 29.7 Å². The molecule has 6 unspecified atom stereocenters.